The van der Waals surface area contributed by atoms with Crippen molar-refractivity contribution in [3.8, 4) is 0 Å². The van der Waals surface area contributed by atoms with Gasteiger partial charge < -0.3 is 23.7 Å². The van der Waals surface area contributed by atoms with Crippen LogP contribution in [0.2, 0.25) is 0 Å². The Balaban J connectivity index is 1.37. The second-order valence-electron chi connectivity index (χ2n) is 8.13. The maximum absolute atomic E-state index is 12.9. The fraction of sp³-hybridized carbons (Fsp3) is 0.296. The van der Waals surface area contributed by atoms with Crippen molar-refractivity contribution < 1.29 is 28.5 Å². The van der Waals surface area contributed by atoms with Crippen molar-refractivity contribution in [1.29, 1.82) is 0 Å². The second kappa shape index (κ2) is 10.3. The molecule has 2 aliphatic rings. The minimum Gasteiger partial charge on any atom is -0.455 e. The number of carbonyl (C=O) groups is 1. The molecule has 2 aliphatic heterocycles. The van der Waals surface area contributed by atoms with Crippen molar-refractivity contribution in [3.05, 3.63) is 108 Å². The molecule has 6 heteroatoms. The molecule has 3 aromatic rings. The molecule has 33 heavy (non-hydrogen) atoms. The topological polar surface area (TPSA) is 63.2 Å². The van der Waals surface area contributed by atoms with Gasteiger partial charge in [-0.3, -0.25) is 0 Å². The van der Waals surface area contributed by atoms with E-state index < -0.39 is 36.7 Å². The first-order valence-corrected chi connectivity index (χ1v) is 11.1. The normalized spacial score (nSPS) is 26.9. The van der Waals surface area contributed by atoms with E-state index in [9.17, 15) is 4.79 Å². The van der Waals surface area contributed by atoms with Crippen LogP contribution in [0.25, 0.3) is 0 Å². The molecule has 3 aromatic carbocycles. The summed E-state index contributed by atoms with van der Waals surface area (Å²) in [7, 11) is 0. The van der Waals surface area contributed by atoms with Crippen LogP contribution in [0.5, 0.6) is 0 Å². The predicted octanol–water partition coefficient (Wildman–Crippen LogP) is 4.20. The number of hydrogen-bond donors (Lipinski definition) is 0. The summed E-state index contributed by atoms with van der Waals surface area (Å²) in [5.74, 6) is -0.462. The van der Waals surface area contributed by atoms with Crippen molar-refractivity contribution in [2.75, 3.05) is 6.61 Å². The minimum atomic E-state index is -0.912. The van der Waals surface area contributed by atoms with E-state index in [0.29, 0.717) is 6.61 Å². The van der Waals surface area contributed by atoms with Crippen LogP contribution >= 0.6 is 0 Å². The molecule has 0 N–H and O–H groups in total. The Labute approximate surface area is 193 Å². The quantitative estimate of drug-likeness (QED) is 0.507. The zero-order valence-electron chi connectivity index (χ0n) is 18.1. The average Bonchev–Trinajstić information content (AvgIpc) is 2.88. The number of carbonyl (C=O) groups excluding carboxylic acids is 1. The van der Waals surface area contributed by atoms with Crippen LogP contribution in [0.4, 0.5) is 0 Å². The number of fused-ring (bicyclic) bond motifs is 1. The third-order valence-electron chi connectivity index (χ3n) is 5.81. The molecular weight excluding hydrogens is 420 g/mol. The van der Waals surface area contributed by atoms with Crippen LogP contribution in [0.15, 0.2) is 91.0 Å². The molecule has 0 spiro atoms. The van der Waals surface area contributed by atoms with Gasteiger partial charge in [0.2, 0.25) is 0 Å². The summed E-state index contributed by atoms with van der Waals surface area (Å²) in [6.07, 6.45) is -3.21. The number of ether oxygens (including phenoxy) is 5. The maximum Gasteiger partial charge on any atom is 0.338 e. The maximum atomic E-state index is 12.9. The lowest BCUT2D eigenvalue weighted by molar-refractivity contribution is -0.311. The van der Waals surface area contributed by atoms with Crippen molar-refractivity contribution in [3.63, 3.8) is 0 Å². The Morgan fingerprint density at radius 2 is 1.33 bits per heavy atom. The van der Waals surface area contributed by atoms with Crippen LogP contribution in [-0.4, -0.2) is 37.0 Å². The molecule has 0 radical (unpaired) electrons. The molecule has 0 aromatic heterocycles. The van der Waals surface area contributed by atoms with Gasteiger partial charge in [0, 0.05) is 5.56 Å². The number of rotatable bonds is 7. The minimum absolute atomic E-state index is 0.229. The summed E-state index contributed by atoms with van der Waals surface area (Å²) >= 11 is 0. The Hall–Kier alpha value is -3.03. The van der Waals surface area contributed by atoms with E-state index in [1.54, 1.807) is 0 Å². The van der Waals surface area contributed by atoms with Gasteiger partial charge in [0.15, 0.2) is 18.5 Å². The highest BCUT2D eigenvalue weighted by atomic mass is 16.7. The lowest BCUT2D eigenvalue weighted by Crippen LogP contribution is -2.61. The molecule has 0 bridgehead atoms. The number of benzene rings is 3. The van der Waals surface area contributed by atoms with Crippen molar-refractivity contribution in [2.24, 2.45) is 0 Å². The highest BCUT2D eigenvalue weighted by Gasteiger charge is 2.51. The molecule has 1 unspecified atom stereocenters. The van der Waals surface area contributed by atoms with Gasteiger partial charge in [0.05, 0.1) is 19.8 Å². The van der Waals surface area contributed by atoms with E-state index in [-0.39, 0.29) is 13.2 Å². The van der Waals surface area contributed by atoms with Crippen LogP contribution in [0.1, 0.15) is 23.0 Å². The van der Waals surface area contributed by atoms with Gasteiger partial charge >= 0.3 is 5.97 Å². The standard InChI is InChI=1S/C27H26O6/c28-26-25(30-17-20-12-6-2-7-13-20)24(29-16-19-10-4-1-5-11-19)23-22(32-26)18-31-27(33-23)21-14-8-3-9-15-21/h1-15,22-25,27H,16-18H2/t22-,23-,24+,25-,27?/m1/s1. The zero-order valence-corrected chi connectivity index (χ0v) is 18.1. The fourth-order valence-corrected chi connectivity index (χ4v) is 4.12. The molecule has 2 fully saturated rings. The third kappa shape index (κ3) is 5.15. The summed E-state index contributed by atoms with van der Waals surface area (Å²) in [5, 5.41) is 0. The highest BCUT2D eigenvalue weighted by molar-refractivity contribution is 5.77. The van der Waals surface area contributed by atoms with Gasteiger partial charge in [-0.25, -0.2) is 4.79 Å². The first-order chi connectivity index (χ1) is 16.3. The van der Waals surface area contributed by atoms with E-state index in [1.807, 2.05) is 91.0 Å². The largest absolute Gasteiger partial charge is 0.455 e. The van der Waals surface area contributed by atoms with Gasteiger partial charge in [0.25, 0.3) is 0 Å². The Bertz CT molecular complexity index is 1030. The smallest absolute Gasteiger partial charge is 0.338 e. The van der Waals surface area contributed by atoms with Gasteiger partial charge in [-0.1, -0.05) is 91.0 Å². The van der Waals surface area contributed by atoms with Crippen molar-refractivity contribution in [2.45, 2.75) is 43.9 Å². The van der Waals surface area contributed by atoms with Gasteiger partial charge in [-0.2, -0.15) is 0 Å². The molecule has 2 heterocycles. The SMILES string of the molecule is O=C1O[C@@H]2COC(c3ccccc3)O[C@H]2[C@H](OCc2ccccc2)[C@H]1OCc1ccccc1. The van der Waals surface area contributed by atoms with Crippen molar-refractivity contribution in [1.82, 2.24) is 0 Å². The molecular formula is C27H26O6. The average molecular weight is 446 g/mol. The first kappa shape index (κ1) is 21.8. The van der Waals surface area contributed by atoms with Crippen LogP contribution in [0, 0.1) is 0 Å². The monoisotopic (exact) mass is 446 g/mol. The van der Waals surface area contributed by atoms with Crippen LogP contribution in [-0.2, 0) is 41.7 Å². The molecule has 0 aliphatic carbocycles. The van der Waals surface area contributed by atoms with E-state index in [4.69, 9.17) is 23.7 Å². The fourth-order valence-electron chi connectivity index (χ4n) is 4.12. The van der Waals surface area contributed by atoms with Gasteiger partial charge in [-0.15, -0.1) is 0 Å². The van der Waals surface area contributed by atoms with E-state index in [0.717, 1.165) is 16.7 Å². The second-order valence-corrected chi connectivity index (χ2v) is 8.13. The van der Waals surface area contributed by atoms with E-state index in [1.165, 1.54) is 0 Å². The highest BCUT2D eigenvalue weighted by Crippen LogP contribution is 2.35. The lowest BCUT2D eigenvalue weighted by atomic mass is 9.97. The molecule has 5 rings (SSSR count). The van der Waals surface area contributed by atoms with Gasteiger partial charge in [-0.05, 0) is 11.1 Å². The molecule has 5 atom stereocenters. The molecule has 6 nitrogen and oxygen atoms in total. The Morgan fingerprint density at radius 1 is 0.758 bits per heavy atom. The number of esters is 1. The lowest BCUT2D eigenvalue weighted by Gasteiger charge is -2.45. The van der Waals surface area contributed by atoms with Crippen molar-refractivity contribution >= 4 is 5.97 Å². The number of hydrogen-bond acceptors (Lipinski definition) is 6. The first-order valence-electron chi connectivity index (χ1n) is 11.1. The van der Waals surface area contributed by atoms with E-state index >= 15 is 0 Å². The van der Waals surface area contributed by atoms with Crippen LogP contribution < -0.4 is 0 Å². The van der Waals surface area contributed by atoms with Crippen LogP contribution in [0.3, 0.4) is 0 Å². The molecule has 0 amide bonds. The summed E-state index contributed by atoms with van der Waals surface area (Å²) < 4.78 is 30.2. The summed E-state index contributed by atoms with van der Waals surface area (Å²) in [6, 6.07) is 29.2. The molecule has 2 saturated heterocycles. The summed E-state index contributed by atoms with van der Waals surface area (Å²) in [4.78, 5) is 12.9. The molecule has 170 valence electrons. The summed E-state index contributed by atoms with van der Waals surface area (Å²) in [5.41, 5.74) is 2.86. The third-order valence-corrected chi connectivity index (χ3v) is 5.81. The molecule has 0 saturated carbocycles. The summed E-state index contributed by atoms with van der Waals surface area (Å²) in [6.45, 7) is 0.821. The van der Waals surface area contributed by atoms with E-state index in [2.05, 4.69) is 0 Å². The Kier molecular flexibility index (Phi) is 6.79. The zero-order chi connectivity index (χ0) is 22.5. The Morgan fingerprint density at radius 3 is 1.97 bits per heavy atom. The predicted molar refractivity (Wildman–Crippen MR) is 120 cm³/mol. The van der Waals surface area contributed by atoms with Gasteiger partial charge in [0.1, 0.15) is 12.2 Å².